The van der Waals surface area contributed by atoms with Crippen molar-refractivity contribution in [3.05, 3.63) is 0 Å². The van der Waals surface area contributed by atoms with Crippen molar-refractivity contribution in [2.24, 2.45) is 16.7 Å². The zero-order valence-electron chi connectivity index (χ0n) is 10.4. The van der Waals surface area contributed by atoms with Crippen LogP contribution in [0.15, 0.2) is 0 Å². The van der Waals surface area contributed by atoms with Crippen LogP contribution >= 0.6 is 0 Å². The van der Waals surface area contributed by atoms with Gasteiger partial charge in [0.15, 0.2) is 0 Å². The van der Waals surface area contributed by atoms with E-state index in [1.165, 1.54) is 19.3 Å². The minimum absolute atomic E-state index is 0.210. The van der Waals surface area contributed by atoms with Crippen LogP contribution in [0.1, 0.15) is 47.0 Å². The van der Waals surface area contributed by atoms with Crippen LogP contribution in [-0.2, 0) is 0 Å². The SMILES string of the molecule is C#CC(C)NC1CC2CCC1(C)C2(C)C. The smallest absolute Gasteiger partial charge is 0.0660 e. The minimum atomic E-state index is 0.210. The van der Waals surface area contributed by atoms with Gasteiger partial charge in [0.05, 0.1) is 6.04 Å². The van der Waals surface area contributed by atoms with E-state index in [0.717, 1.165) is 5.92 Å². The van der Waals surface area contributed by atoms with E-state index in [4.69, 9.17) is 6.42 Å². The van der Waals surface area contributed by atoms with Crippen molar-refractivity contribution in [3.63, 3.8) is 0 Å². The lowest BCUT2D eigenvalue weighted by molar-refractivity contribution is 0.119. The fourth-order valence-electron chi connectivity index (χ4n) is 3.81. The lowest BCUT2D eigenvalue weighted by Gasteiger charge is -2.40. The van der Waals surface area contributed by atoms with Gasteiger partial charge in [0.25, 0.3) is 0 Å². The molecule has 1 N–H and O–H groups in total. The van der Waals surface area contributed by atoms with Gasteiger partial charge in [0, 0.05) is 6.04 Å². The Hall–Kier alpha value is -0.480. The van der Waals surface area contributed by atoms with Gasteiger partial charge >= 0.3 is 0 Å². The highest BCUT2D eigenvalue weighted by Crippen LogP contribution is 2.65. The predicted molar refractivity (Wildman–Crippen MR) is 64.4 cm³/mol. The molecule has 0 spiro atoms. The summed E-state index contributed by atoms with van der Waals surface area (Å²) in [5, 5.41) is 3.62. The molecule has 0 aromatic heterocycles. The monoisotopic (exact) mass is 205 g/mol. The number of nitrogens with one attached hydrogen (secondary N) is 1. The van der Waals surface area contributed by atoms with Crippen LogP contribution in [0.3, 0.4) is 0 Å². The first-order chi connectivity index (χ1) is 6.91. The average Bonchev–Trinajstić information content (AvgIpc) is 2.50. The summed E-state index contributed by atoms with van der Waals surface area (Å²) in [5.41, 5.74) is 0.932. The lowest BCUT2D eigenvalue weighted by Crippen LogP contribution is -2.47. The molecule has 2 aliphatic carbocycles. The lowest BCUT2D eigenvalue weighted by atomic mass is 9.69. The Morgan fingerprint density at radius 3 is 2.47 bits per heavy atom. The van der Waals surface area contributed by atoms with Crippen LogP contribution in [0.4, 0.5) is 0 Å². The van der Waals surface area contributed by atoms with Gasteiger partial charge in [-0.1, -0.05) is 26.7 Å². The standard InChI is InChI=1S/C14H23N/c1-6-10(2)15-12-9-11-7-8-14(12,5)13(11,3)4/h1,10-12,15H,7-9H2,2-5H3. The largest absolute Gasteiger partial charge is 0.301 e. The Bertz CT molecular complexity index is 299. The Morgan fingerprint density at radius 1 is 1.40 bits per heavy atom. The molecule has 2 bridgehead atoms. The molecule has 0 aromatic carbocycles. The molecule has 0 amide bonds. The van der Waals surface area contributed by atoms with Crippen LogP contribution in [-0.4, -0.2) is 12.1 Å². The third-order valence-corrected chi connectivity index (χ3v) is 5.50. The Morgan fingerprint density at radius 2 is 2.07 bits per heavy atom. The van der Waals surface area contributed by atoms with Crippen molar-refractivity contribution < 1.29 is 0 Å². The third kappa shape index (κ3) is 1.35. The maximum absolute atomic E-state index is 5.45. The van der Waals surface area contributed by atoms with E-state index < -0.39 is 0 Å². The molecule has 2 rings (SSSR count). The third-order valence-electron chi connectivity index (χ3n) is 5.50. The van der Waals surface area contributed by atoms with Crippen molar-refractivity contribution >= 4 is 0 Å². The minimum Gasteiger partial charge on any atom is -0.301 e. The molecular formula is C14H23N. The fraction of sp³-hybridized carbons (Fsp3) is 0.857. The van der Waals surface area contributed by atoms with Gasteiger partial charge in [-0.15, -0.1) is 6.42 Å². The zero-order chi connectivity index (χ0) is 11.3. The van der Waals surface area contributed by atoms with E-state index in [0.29, 0.717) is 16.9 Å². The molecule has 2 aliphatic rings. The van der Waals surface area contributed by atoms with Gasteiger partial charge in [0.1, 0.15) is 0 Å². The molecule has 0 aromatic rings. The second-order valence-electron chi connectivity index (χ2n) is 6.22. The Kier molecular flexibility index (Phi) is 2.39. The molecule has 0 saturated heterocycles. The van der Waals surface area contributed by atoms with Crippen molar-refractivity contribution in [3.8, 4) is 12.3 Å². The Labute approximate surface area is 94.0 Å². The van der Waals surface area contributed by atoms with Gasteiger partial charge in [-0.3, -0.25) is 0 Å². The van der Waals surface area contributed by atoms with Crippen molar-refractivity contribution in [2.45, 2.75) is 59.0 Å². The van der Waals surface area contributed by atoms with Crippen LogP contribution in [0.2, 0.25) is 0 Å². The number of hydrogen-bond donors (Lipinski definition) is 1. The summed E-state index contributed by atoms with van der Waals surface area (Å²) in [6, 6.07) is 0.833. The van der Waals surface area contributed by atoms with E-state index in [9.17, 15) is 0 Å². The first-order valence-corrected chi connectivity index (χ1v) is 6.14. The molecule has 1 nitrogen and oxygen atoms in total. The maximum atomic E-state index is 5.45. The second-order valence-corrected chi connectivity index (χ2v) is 6.22. The summed E-state index contributed by atoms with van der Waals surface area (Å²) in [7, 11) is 0. The molecular weight excluding hydrogens is 182 g/mol. The molecule has 4 unspecified atom stereocenters. The van der Waals surface area contributed by atoms with Crippen LogP contribution in [0.5, 0.6) is 0 Å². The first kappa shape index (κ1) is 11.0. The molecule has 4 atom stereocenters. The van der Waals surface area contributed by atoms with Crippen molar-refractivity contribution in [2.75, 3.05) is 0 Å². The molecule has 1 heteroatoms. The van der Waals surface area contributed by atoms with E-state index >= 15 is 0 Å². The van der Waals surface area contributed by atoms with Crippen molar-refractivity contribution in [1.29, 1.82) is 0 Å². The number of rotatable bonds is 2. The quantitative estimate of drug-likeness (QED) is 0.684. The summed E-state index contributed by atoms with van der Waals surface area (Å²) < 4.78 is 0. The first-order valence-electron chi connectivity index (χ1n) is 6.14. The normalized spacial score (nSPS) is 43.9. The highest BCUT2D eigenvalue weighted by Gasteiger charge is 2.61. The summed E-state index contributed by atoms with van der Waals surface area (Å²) >= 11 is 0. The van der Waals surface area contributed by atoms with Gasteiger partial charge < -0.3 is 5.32 Å². The highest BCUT2D eigenvalue weighted by atomic mass is 15.0. The van der Waals surface area contributed by atoms with Crippen molar-refractivity contribution in [1.82, 2.24) is 5.32 Å². The molecule has 0 aliphatic heterocycles. The van der Waals surface area contributed by atoms with Crippen LogP contribution < -0.4 is 5.32 Å². The predicted octanol–water partition coefficient (Wildman–Crippen LogP) is 2.81. The molecule has 0 radical (unpaired) electrons. The summed E-state index contributed by atoms with van der Waals surface area (Å²) in [4.78, 5) is 0. The summed E-state index contributed by atoms with van der Waals surface area (Å²) in [6.45, 7) is 9.41. The zero-order valence-corrected chi connectivity index (χ0v) is 10.4. The number of hydrogen-bond acceptors (Lipinski definition) is 1. The molecule has 84 valence electrons. The second kappa shape index (κ2) is 3.25. The van der Waals surface area contributed by atoms with Crippen LogP contribution in [0, 0.1) is 29.1 Å². The van der Waals surface area contributed by atoms with E-state index in [1.807, 2.05) is 0 Å². The molecule has 2 saturated carbocycles. The topological polar surface area (TPSA) is 12.0 Å². The number of terminal acetylenes is 1. The van der Waals surface area contributed by atoms with E-state index in [1.54, 1.807) is 0 Å². The van der Waals surface area contributed by atoms with Gasteiger partial charge in [-0.2, -0.15) is 0 Å². The number of fused-ring (bicyclic) bond motifs is 2. The summed E-state index contributed by atoms with van der Waals surface area (Å²) in [5.74, 6) is 3.68. The van der Waals surface area contributed by atoms with Gasteiger partial charge in [-0.25, -0.2) is 0 Å². The van der Waals surface area contributed by atoms with E-state index in [-0.39, 0.29) is 6.04 Å². The van der Waals surface area contributed by atoms with Crippen LogP contribution in [0.25, 0.3) is 0 Å². The summed E-state index contributed by atoms with van der Waals surface area (Å²) in [6.07, 6.45) is 9.53. The highest BCUT2D eigenvalue weighted by molar-refractivity contribution is 5.14. The maximum Gasteiger partial charge on any atom is 0.0660 e. The molecule has 15 heavy (non-hydrogen) atoms. The van der Waals surface area contributed by atoms with Gasteiger partial charge in [-0.05, 0) is 42.9 Å². The molecule has 2 fully saturated rings. The molecule has 0 heterocycles. The van der Waals surface area contributed by atoms with E-state index in [2.05, 4.69) is 38.9 Å². The fourth-order valence-corrected chi connectivity index (χ4v) is 3.81. The average molecular weight is 205 g/mol. The Balaban J connectivity index is 2.16. The van der Waals surface area contributed by atoms with Gasteiger partial charge in [0.2, 0.25) is 0 Å².